The van der Waals surface area contributed by atoms with Crippen LogP contribution >= 0.6 is 11.6 Å². The Kier molecular flexibility index (Phi) is 8.92. The van der Waals surface area contributed by atoms with E-state index in [-0.39, 0.29) is 12.0 Å². The molecule has 3 nitrogen and oxygen atoms in total. The van der Waals surface area contributed by atoms with Gasteiger partial charge in [-0.05, 0) is 26.6 Å². The Morgan fingerprint density at radius 1 is 1.37 bits per heavy atom. The number of esters is 1. The highest BCUT2D eigenvalue weighted by molar-refractivity contribution is 6.17. The predicted molar refractivity (Wildman–Crippen MR) is 80.3 cm³/mol. The minimum atomic E-state index is -0.341. The van der Waals surface area contributed by atoms with E-state index < -0.39 is 0 Å². The fraction of sp³-hybridized carbons (Fsp3) is 0.400. The minimum Gasteiger partial charge on any atom is -0.466 e. The van der Waals surface area contributed by atoms with Crippen molar-refractivity contribution in [2.45, 2.75) is 18.8 Å². The summed E-state index contributed by atoms with van der Waals surface area (Å²) in [5.74, 6) is 0.270. The van der Waals surface area contributed by atoms with Crippen molar-refractivity contribution in [3.63, 3.8) is 0 Å². The number of carbonyl (C=O) groups is 1. The molecule has 4 heteroatoms. The molecular weight excluding hydrogens is 262 g/mol. The summed E-state index contributed by atoms with van der Waals surface area (Å²) >= 11 is 5.53. The van der Waals surface area contributed by atoms with Crippen LogP contribution in [0, 0.1) is 0 Å². The smallest absolute Gasteiger partial charge is 0.334 e. The molecule has 1 aromatic rings. The third kappa shape index (κ3) is 6.99. The summed E-state index contributed by atoms with van der Waals surface area (Å²) in [5.41, 5.74) is 1.66. The maximum atomic E-state index is 10.9. The summed E-state index contributed by atoms with van der Waals surface area (Å²) in [6.45, 7) is 5.53. The molecule has 0 saturated heterocycles. The van der Waals surface area contributed by atoms with E-state index in [1.165, 1.54) is 12.7 Å². The third-order valence-electron chi connectivity index (χ3n) is 2.72. The molecule has 0 aliphatic carbocycles. The fourth-order valence-corrected chi connectivity index (χ4v) is 1.36. The molecule has 0 aromatic heterocycles. The van der Waals surface area contributed by atoms with Crippen molar-refractivity contribution < 1.29 is 9.53 Å². The highest BCUT2D eigenvalue weighted by atomic mass is 35.5. The van der Waals surface area contributed by atoms with Gasteiger partial charge in [-0.3, -0.25) is 0 Å². The van der Waals surface area contributed by atoms with Gasteiger partial charge in [-0.2, -0.15) is 0 Å². The number of alkyl halides is 1. The molecule has 0 aliphatic rings. The van der Waals surface area contributed by atoms with Crippen LogP contribution in [-0.2, 0) is 15.4 Å². The Labute approximate surface area is 120 Å². The van der Waals surface area contributed by atoms with Crippen LogP contribution in [0.1, 0.15) is 12.5 Å². The highest BCUT2D eigenvalue weighted by Gasteiger charge is 2.15. The number of methoxy groups -OCH3 is 1. The molecule has 0 saturated carbocycles. The molecule has 0 heterocycles. The average Bonchev–Trinajstić information content (AvgIpc) is 2.46. The van der Waals surface area contributed by atoms with E-state index in [4.69, 9.17) is 11.6 Å². The summed E-state index contributed by atoms with van der Waals surface area (Å²) in [5, 5.41) is 0. The first kappa shape index (κ1) is 17.7. The van der Waals surface area contributed by atoms with E-state index in [1.54, 1.807) is 0 Å². The molecule has 0 aliphatic heterocycles. The number of rotatable bonds is 4. The lowest BCUT2D eigenvalue weighted by Gasteiger charge is -2.20. The van der Waals surface area contributed by atoms with Crippen LogP contribution in [-0.4, -0.2) is 38.1 Å². The number of likely N-dealkylation sites (N-methyl/N-ethyl adjacent to an activating group) is 1. The van der Waals surface area contributed by atoms with Gasteiger partial charge in [-0.25, -0.2) is 4.79 Å². The first-order valence-corrected chi connectivity index (χ1v) is 6.50. The van der Waals surface area contributed by atoms with E-state index in [0.29, 0.717) is 11.5 Å². The second-order valence-corrected chi connectivity index (χ2v) is 4.54. The van der Waals surface area contributed by atoms with Gasteiger partial charge in [0.2, 0.25) is 0 Å². The van der Waals surface area contributed by atoms with Gasteiger partial charge in [0.05, 0.1) is 7.11 Å². The van der Waals surface area contributed by atoms with Gasteiger partial charge in [0.1, 0.15) is 0 Å². The van der Waals surface area contributed by atoms with Crippen LogP contribution in [0.5, 0.6) is 0 Å². The fourth-order valence-electron chi connectivity index (χ4n) is 1.18. The normalized spacial score (nSPS) is 11.3. The summed E-state index contributed by atoms with van der Waals surface area (Å²) in [6, 6.07) is 9.99. The number of hydrogen-bond donors (Lipinski definition) is 0. The summed E-state index contributed by atoms with van der Waals surface area (Å²) in [7, 11) is 5.13. The van der Waals surface area contributed by atoms with Gasteiger partial charge < -0.3 is 9.64 Å². The van der Waals surface area contributed by atoms with Crippen molar-refractivity contribution in [3.8, 4) is 0 Å². The number of hydrogen-bond acceptors (Lipinski definition) is 3. The highest BCUT2D eigenvalue weighted by Crippen LogP contribution is 2.05. The van der Waals surface area contributed by atoms with Gasteiger partial charge in [-0.1, -0.05) is 36.9 Å². The first-order chi connectivity index (χ1) is 8.93. The maximum absolute atomic E-state index is 10.9. The molecule has 1 aromatic carbocycles. The number of halogens is 1. The predicted octanol–water partition coefficient (Wildman–Crippen LogP) is 3.09. The van der Waals surface area contributed by atoms with Crippen LogP contribution in [0.2, 0.25) is 0 Å². The van der Waals surface area contributed by atoms with Gasteiger partial charge in [0, 0.05) is 17.5 Å². The standard InChI is InChI=1S/C8H15NO2.C7H7Cl/c1-6(8(10)11-5)7(2)9(3)4;8-6-7-4-2-1-3-5-7/h7H,1H2,2-5H3;1-5H,6H2. The van der Waals surface area contributed by atoms with E-state index in [1.807, 2.05) is 56.3 Å². The van der Waals surface area contributed by atoms with Crippen molar-refractivity contribution in [2.75, 3.05) is 21.2 Å². The van der Waals surface area contributed by atoms with Crippen molar-refractivity contribution in [1.29, 1.82) is 0 Å². The Morgan fingerprint density at radius 2 is 1.89 bits per heavy atom. The Bertz CT molecular complexity index is 390. The van der Waals surface area contributed by atoms with Crippen LogP contribution in [0.25, 0.3) is 0 Å². The second-order valence-electron chi connectivity index (χ2n) is 4.28. The van der Waals surface area contributed by atoms with E-state index in [0.717, 1.165) is 0 Å². The molecule has 0 amide bonds. The van der Waals surface area contributed by atoms with Crippen molar-refractivity contribution in [3.05, 3.63) is 48.0 Å². The van der Waals surface area contributed by atoms with E-state index >= 15 is 0 Å². The van der Waals surface area contributed by atoms with Crippen molar-refractivity contribution >= 4 is 17.6 Å². The topological polar surface area (TPSA) is 29.5 Å². The quantitative estimate of drug-likeness (QED) is 0.483. The Morgan fingerprint density at radius 3 is 2.21 bits per heavy atom. The summed E-state index contributed by atoms with van der Waals surface area (Å²) < 4.78 is 4.52. The van der Waals surface area contributed by atoms with E-state index in [2.05, 4.69) is 11.3 Å². The monoisotopic (exact) mass is 283 g/mol. The van der Waals surface area contributed by atoms with Crippen LogP contribution in [0.15, 0.2) is 42.5 Å². The van der Waals surface area contributed by atoms with Crippen molar-refractivity contribution in [1.82, 2.24) is 4.90 Å². The molecule has 0 N–H and O–H groups in total. The van der Waals surface area contributed by atoms with Crippen LogP contribution in [0.3, 0.4) is 0 Å². The lowest BCUT2D eigenvalue weighted by molar-refractivity contribution is -0.136. The zero-order chi connectivity index (χ0) is 14.8. The zero-order valence-corrected chi connectivity index (χ0v) is 12.8. The van der Waals surface area contributed by atoms with Gasteiger partial charge in [0.15, 0.2) is 0 Å². The number of nitrogens with zero attached hydrogens (tertiary/aromatic N) is 1. The average molecular weight is 284 g/mol. The number of ether oxygens (including phenoxy) is 1. The van der Waals surface area contributed by atoms with Gasteiger partial charge in [0.25, 0.3) is 0 Å². The Hall–Kier alpha value is -1.32. The SMILES string of the molecule is C=C(C(=O)OC)C(C)N(C)C.ClCc1ccccc1. The lowest BCUT2D eigenvalue weighted by atomic mass is 10.1. The minimum absolute atomic E-state index is 0.0300. The molecule has 0 radical (unpaired) electrons. The second kappa shape index (κ2) is 9.59. The van der Waals surface area contributed by atoms with Gasteiger partial charge in [-0.15, -0.1) is 11.6 Å². The molecule has 0 bridgehead atoms. The molecule has 0 spiro atoms. The Balaban J connectivity index is 0.000000356. The number of carbonyl (C=O) groups excluding carboxylic acids is 1. The lowest BCUT2D eigenvalue weighted by Crippen LogP contribution is -2.30. The third-order valence-corrected chi connectivity index (χ3v) is 3.03. The first-order valence-electron chi connectivity index (χ1n) is 5.97. The van der Waals surface area contributed by atoms with E-state index in [9.17, 15) is 4.79 Å². The molecular formula is C15H22ClNO2. The molecule has 0 fully saturated rings. The van der Waals surface area contributed by atoms with Crippen LogP contribution < -0.4 is 0 Å². The molecule has 1 atom stereocenters. The molecule has 19 heavy (non-hydrogen) atoms. The maximum Gasteiger partial charge on any atom is 0.334 e. The molecule has 1 rings (SSSR count). The molecule has 1 unspecified atom stereocenters. The number of benzene rings is 1. The largest absolute Gasteiger partial charge is 0.466 e. The van der Waals surface area contributed by atoms with Crippen molar-refractivity contribution in [2.24, 2.45) is 0 Å². The van der Waals surface area contributed by atoms with Crippen LogP contribution in [0.4, 0.5) is 0 Å². The van der Waals surface area contributed by atoms with Gasteiger partial charge >= 0.3 is 5.97 Å². The molecule has 106 valence electrons. The summed E-state index contributed by atoms with van der Waals surface area (Å²) in [4.78, 5) is 12.8. The zero-order valence-electron chi connectivity index (χ0n) is 12.0. The summed E-state index contributed by atoms with van der Waals surface area (Å²) in [6.07, 6.45) is 0.